The highest BCUT2D eigenvalue weighted by molar-refractivity contribution is 5.51. The van der Waals surface area contributed by atoms with Crippen molar-refractivity contribution in [2.75, 3.05) is 25.6 Å². The van der Waals surface area contributed by atoms with Crippen LogP contribution in [0.4, 0.5) is 5.69 Å². The van der Waals surface area contributed by atoms with Crippen molar-refractivity contribution in [3.05, 3.63) is 29.3 Å². The van der Waals surface area contributed by atoms with Crippen molar-refractivity contribution in [2.24, 2.45) is 0 Å². The van der Waals surface area contributed by atoms with Crippen LogP contribution in [-0.2, 0) is 11.3 Å². The number of aryl methyl sites for hydroxylation is 1. The van der Waals surface area contributed by atoms with E-state index in [1.54, 1.807) is 0 Å². The summed E-state index contributed by atoms with van der Waals surface area (Å²) in [4.78, 5) is 2.35. The molecule has 0 spiro atoms. The third-order valence-corrected chi connectivity index (χ3v) is 3.93. The van der Waals surface area contributed by atoms with Gasteiger partial charge in [0, 0.05) is 25.9 Å². The summed E-state index contributed by atoms with van der Waals surface area (Å²) in [5, 5.41) is 3.20. The Balaban J connectivity index is 2.15. The van der Waals surface area contributed by atoms with Gasteiger partial charge in [0.05, 0.1) is 12.1 Å². The van der Waals surface area contributed by atoms with Gasteiger partial charge in [0.1, 0.15) is 0 Å². The first kappa shape index (κ1) is 13.4. The van der Waals surface area contributed by atoms with Gasteiger partial charge in [0.25, 0.3) is 0 Å². The van der Waals surface area contributed by atoms with Crippen LogP contribution in [0, 0.1) is 6.92 Å². The number of anilines is 1. The molecule has 1 aromatic carbocycles. The van der Waals surface area contributed by atoms with Crippen LogP contribution in [0.2, 0.25) is 0 Å². The van der Waals surface area contributed by atoms with Crippen LogP contribution in [0.3, 0.4) is 0 Å². The predicted molar refractivity (Wildman–Crippen MR) is 76.2 cm³/mol. The molecule has 3 nitrogen and oxygen atoms in total. The molecule has 0 radical (unpaired) electrons. The number of hydrogen-bond donors (Lipinski definition) is 1. The number of nitrogens with zero attached hydrogens (tertiary/aromatic N) is 1. The van der Waals surface area contributed by atoms with E-state index in [1.807, 2.05) is 7.05 Å². The van der Waals surface area contributed by atoms with E-state index in [9.17, 15) is 0 Å². The first-order valence-electron chi connectivity index (χ1n) is 6.72. The molecular formula is C15H24N2O. The lowest BCUT2D eigenvalue weighted by Crippen LogP contribution is -2.36. The Morgan fingerprint density at radius 2 is 2.22 bits per heavy atom. The van der Waals surface area contributed by atoms with E-state index in [4.69, 9.17) is 4.74 Å². The van der Waals surface area contributed by atoms with Crippen molar-refractivity contribution >= 4 is 5.69 Å². The highest BCUT2D eigenvalue weighted by Gasteiger charge is 2.28. The van der Waals surface area contributed by atoms with Gasteiger partial charge in [-0.2, -0.15) is 0 Å². The third kappa shape index (κ3) is 2.68. The van der Waals surface area contributed by atoms with E-state index in [2.05, 4.69) is 49.3 Å². The monoisotopic (exact) mass is 248 g/mol. The van der Waals surface area contributed by atoms with Crippen LogP contribution in [0.1, 0.15) is 24.5 Å². The zero-order valence-corrected chi connectivity index (χ0v) is 11.9. The molecule has 1 fully saturated rings. The minimum absolute atomic E-state index is 0.326. The van der Waals surface area contributed by atoms with Crippen LogP contribution < -0.4 is 10.2 Å². The zero-order chi connectivity index (χ0) is 13.1. The topological polar surface area (TPSA) is 24.5 Å². The molecule has 0 aromatic heterocycles. The molecule has 1 saturated heterocycles. The van der Waals surface area contributed by atoms with Crippen molar-refractivity contribution in [1.82, 2.24) is 5.32 Å². The van der Waals surface area contributed by atoms with Crippen LogP contribution in [0.5, 0.6) is 0 Å². The molecule has 0 saturated carbocycles. The van der Waals surface area contributed by atoms with Gasteiger partial charge >= 0.3 is 0 Å². The highest BCUT2D eigenvalue weighted by atomic mass is 16.5. The fourth-order valence-corrected chi connectivity index (χ4v) is 2.71. The summed E-state index contributed by atoms with van der Waals surface area (Å²) in [5.41, 5.74) is 4.00. The molecule has 1 aromatic rings. The van der Waals surface area contributed by atoms with E-state index in [0.717, 1.165) is 19.6 Å². The second-order valence-corrected chi connectivity index (χ2v) is 5.18. The van der Waals surface area contributed by atoms with Crippen LogP contribution in [-0.4, -0.2) is 32.8 Å². The largest absolute Gasteiger partial charge is 0.376 e. The third-order valence-electron chi connectivity index (χ3n) is 3.93. The van der Waals surface area contributed by atoms with Gasteiger partial charge in [0.15, 0.2) is 0 Å². The Labute approximate surface area is 110 Å². The van der Waals surface area contributed by atoms with Gasteiger partial charge in [-0.25, -0.2) is 0 Å². The first-order valence-corrected chi connectivity index (χ1v) is 6.72. The van der Waals surface area contributed by atoms with Crippen molar-refractivity contribution in [1.29, 1.82) is 0 Å². The average molecular weight is 248 g/mol. The van der Waals surface area contributed by atoms with E-state index < -0.39 is 0 Å². The molecule has 18 heavy (non-hydrogen) atoms. The maximum absolute atomic E-state index is 5.65. The van der Waals surface area contributed by atoms with Crippen LogP contribution in [0.25, 0.3) is 0 Å². The summed E-state index contributed by atoms with van der Waals surface area (Å²) in [5.74, 6) is 0. The zero-order valence-electron chi connectivity index (χ0n) is 11.9. The summed E-state index contributed by atoms with van der Waals surface area (Å²) in [6, 6.07) is 7.21. The maximum Gasteiger partial charge on any atom is 0.0750 e. The second kappa shape index (κ2) is 5.72. The molecule has 3 heteroatoms. The molecule has 1 aliphatic rings. The highest BCUT2D eigenvalue weighted by Crippen LogP contribution is 2.25. The van der Waals surface area contributed by atoms with E-state index in [1.165, 1.54) is 16.8 Å². The molecule has 1 heterocycles. The average Bonchev–Trinajstić information content (AvgIpc) is 2.77. The summed E-state index contributed by atoms with van der Waals surface area (Å²) in [6.07, 6.45) is 1.45. The molecule has 0 amide bonds. The molecular weight excluding hydrogens is 224 g/mol. The predicted octanol–water partition coefficient (Wildman–Crippen LogP) is 2.33. The maximum atomic E-state index is 5.65. The van der Waals surface area contributed by atoms with Gasteiger partial charge in [-0.15, -0.1) is 0 Å². The molecule has 2 rings (SSSR count). The van der Waals surface area contributed by atoms with Crippen LogP contribution >= 0.6 is 0 Å². The SMILES string of the molecule is CNCc1ccc(N(C)C2CCOC2C)cc1C. The van der Waals surface area contributed by atoms with Gasteiger partial charge in [0.2, 0.25) is 0 Å². The Morgan fingerprint density at radius 3 is 2.78 bits per heavy atom. The van der Waals surface area contributed by atoms with E-state index in [-0.39, 0.29) is 0 Å². The molecule has 1 N–H and O–H groups in total. The molecule has 0 bridgehead atoms. The van der Waals surface area contributed by atoms with Crippen molar-refractivity contribution in [3.63, 3.8) is 0 Å². The second-order valence-electron chi connectivity index (χ2n) is 5.18. The summed E-state index contributed by atoms with van der Waals surface area (Å²) in [6.45, 7) is 6.15. The smallest absolute Gasteiger partial charge is 0.0750 e. The fourth-order valence-electron chi connectivity index (χ4n) is 2.71. The number of ether oxygens (including phenoxy) is 1. The van der Waals surface area contributed by atoms with Crippen molar-refractivity contribution in [2.45, 2.75) is 39.0 Å². The van der Waals surface area contributed by atoms with E-state index in [0.29, 0.717) is 12.1 Å². The van der Waals surface area contributed by atoms with Gasteiger partial charge in [-0.3, -0.25) is 0 Å². The van der Waals surface area contributed by atoms with Crippen molar-refractivity contribution < 1.29 is 4.74 Å². The fraction of sp³-hybridized carbons (Fsp3) is 0.600. The molecule has 2 atom stereocenters. The van der Waals surface area contributed by atoms with E-state index >= 15 is 0 Å². The number of hydrogen-bond acceptors (Lipinski definition) is 3. The Kier molecular flexibility index (Phi) is 4.25. The normalized spacial score (nSPS) is 23.3. The minimum atomic E-state index is 0.326. The van der Waals surface area contributed by atoms with Crippen LogP contribution in [0.15, 0.2) is 18.2 Å². The van der Waals surface area contributed by atoms with Gasteiger partial charge in [-0.1, -0.05) is 6.07 Å². The number of likely N-dealkylation sites (N-methyl/N-ethyl adjacent to an activating group) is 1. The molecule has 0 aliphatic carbocycles. The van der Waals surface area contributed by atoms with Gasteiger partial charge in [-0.05, 0) is 50.6 Å². The molecule has 1 aliphatic heterocycles. The lowest BCUT2D eigenvalue weighted by Gasteiger charge is -2.29. The quantitative estimate of drug-likeness (QED) is 0.885. The Bertz CT molecular complexity index is 405. The lowest BCUT2D eigenvalue weighted by atomic mass is 10.1. The number of nitrogens with one attached hydrogen (secondary N) is 1. The summed E-state index contributed by atoms with van der Waals surface area (Å²) in [7, 11) is 4.15. The van der Waals surface area contributed by atoms with Gasteiger partial charge < -0.3 is 15.0 Å². The molecule has 100 valence electrons. The molecule has 2 unspecified atom stereocenters. The Morgan fingerprint density at radius 1 is 1.44 bits per heavy atom. The number of benzene rings is 1. The van der Waals surface area contributed by atoms with Crippen molar-refractivity contribution in [3.8, 4) is 0 Å². The summed E-state index contributed by atoms with van der Waals surface area (Å²) >= 11 is 0. The first-order chi connectivity index (χ1) is 8.63. The summed E-state index contributed by atoms with van der Waals surface area (Å²) < 4.78 is 5.65. The standard InChI is InChI=1S/C15H24N2O/c1-11-9-14(6-5-13(11)10-16-3)17(4)15-7-8-18-12(15)2/h5-6,9,12,15-16H,7-8,10H2,1-4H3. The number of rotatable bonds is 4. The Hall–Kier alpha value is -1.06. The lowest BCUT2D eigenvalue weighted by molar-refractivity contribution is 0.118. The minimum Gasteiger partial charge on any atom is -0.376 e.